The van der Waals surface area contributed by atoms with E-state index in [2.05, 4.69) is 31.6 Å². The molecule has 0 aromatic rings. The van der Waals surface area contributed by atoms with E-state index in [9.17, 15) is 0 Å². The van der Waals surface area contributed by atoms with E-state index in [4.69, 9.17) is 10.7 Å². The number of rotatable bonds is 3. The summed E-state index contributed by atoms with van der Waals surface area (Å²) in [6.45, 7) is 4.26. The maximum Gasteiger partial charge on any atom is 0.00150 e. The second-order valence-electron chi connectivity index (χ2n) is 2.89. The molecule has 0 nitrogen and oxygen atoms in total. The lowest BCUT2D eigenvalue weighted by Gasteiger charge is -2.29. The van der Waals surface area contributed by atoms with Crippen molar-refractivity contribution in [3.05, 3.63) is 12.2 Å². The van der Waals surface area contributed by atoms with Crippen molar-refractivity contribution in [1.29, 1.82) is 0 Å². The van der Waals surface area contributed by atoms with Crippen molar-refractivity contribution in [2.75, 3.05) is 12.5 Å². The van der Waals surface area contributed by atoms with Crippen molar-refractivity contribution < 1.29 is 0 Å². The number of hydrogen-bond acceptors (Lipinski definition) is 0. The topological polar surface area (TPSA) is 0 Å². The predicted molar refractivity (Wildman–Crippen MR) is 54.2 cm³/mol. The van der Waals surface area contributed by atoms with Gasteiger partial charge in [0.2, 0.25) is 0 Å². The van der Waals surface area contributed by atoms with Crippen molar-refractivity contribution in [3.8, 4) is 0 Å². The van der Waals surface area contributed by atoms with Gasteiger partial charge >= 0.3 is 0 Å². The summed E-state index contributed by atoms with van der Waals surface area (Å²) in [6, 6.07) is 0. The largest absolute Gasteiger partial charge is 0.166 e. The third kappa shape index (κ3) is 4.24. The molecule has 0 saturated carbocycles. The van der Waals surface area contributed by atoms with Gasteiger partial charge in [-0.15, -0.1) is 0 Å². The third-order valence-corrected chi connectivity index (χ3v) is 4.68. The van der Waals surface area contributed by atoms with Crippen LogP contribution < -0.4 is 0 Å². The van der Waals surface area contributed by atoms with E-state index in [1.165, 1.54) is 0 Å². The molecule has 1 unspecified atom stereocenters. The van der Waals surface area contributed by atoms with Crippen molar-refractivity contribution >= 4 is 19.9 Å². The van der Waals surface area contributed by atoms with Crippen LogP contribution >= 0.6 is 19.9 Å². The summed E-state index contributed by atoms with van der Waals surface area (Å²) in [5, 5.41) is 0.630. The molecule has 0 radical (unpaired) electrons. The summed E-state index contributed by atoms with van der Waals surface area (Å²) in [6.07, 6.45) is 9.66. The van der Waals surface area contributed by atoms with Gasteiger partial charge in [0.05, 0.1) is 0 Å². The Morgan fingerprint density at radius 3 is 2.30 bits per heavy atom. The Hall–Kier alpha value is 0.380. The normalized spacial score (nSPS) is 17.7. The Balaban J connectivity index is 3.73. The highest BCUT2D eigenvalue weighted by Gasteiger charge is 2.14. The molecule has 0 bridgehead atoms. The first kappa shape index (κ1) is 10.4. The zero-order valence-electron chi connectivity index (χ0n) is 7.23. The molecule has 0 fully saturated rings. The zero-order chi connectivity index (χ0) is 8.20. The van der Waals surface area contributed by atoms with E-state index >= 15 is 0 Å². The molecule has 0 N–H and O–H groups in total. The van der Waals surface area contributed by atoms with Gasteiger partial charge in [0.1, 0.15) is 0 Å². The van der Waals surface area contributed by atoms with Crippen molar-refractivity contribution in [2.45, 2.75) is 25.5 Å². The Morgan fingerprint density at radius 1 is 1.50 bits per heavy atom. The first-order valence-corrected chi connectivity index (χ1v) is 6.85. The maximum atomic E-state index is 6.17. The highest BCUT2D eigenvalue weighted by molar-refractivity contribution is 8.50. The molecule has 2 heteroatoms. The average molecular weight is 181 g/mol. The molecule has 62 valence electrons. The summed E-state index contributed by atoms with van der Waals surface area (Å²) in [7, 11) is 5.31. The van der Waals surface area contributed by atoms with Crippen LogP contribution in [-0.4, -0.2) is 17.8 Å². The molecular weight excluding hydrogens is 164 g/mol. The fourth-order valence-electron chi connectivity index (χ4n) is 0.557. The van der Waals surface area contributed by atoms with Crippen LogP contribution in [0.2, 0.25) is 0 Å². The standard InChI is InChI=1S/C8H17ClS/c1-5-6-7-8(2)10(3,4)9/h5-6,8H,7H2,1-4H3/b6-5-. The summed E-state index contributed by atoms with van der Waals surface area (Å²) in [5.74, 6) is 0. The second kappa shape index (κ2) is 4.30. The molecule has 0 aliphatic heterocycles. The highest BCUT2D eigenvalue weighted by atomic mass is 35.7. The van der Waals surface area contributed by atoms with Gasteiger partial charge in [-0.3, -0.25) is 0 Å². The van der Waals surface area contributed by atoms with E-state index in [-0.39, 0.29) is 0 Å². The van der Waals surface area contributed by atoms with E-state index in [1.54, 1.807) is 0 Å². The number of hydrogen-bond donors (Lipinski definition) is 0. The predicted octanol–water partition coefficient (Wildman–Crippen LogP) is 3.56. The minimum absolute atomic E-state index is 0.630. The monoisotopic (exact) mass is 180 g/mol. The minimum atomic E-state index is -0.854. The lowest BCUT2D eigenvalue weighted by Crippen LogP contribution is -2.05. The molecule has 0 aliphatic carbocycles. The van der Waals surface area contributed by atoms with Crippen molar-refractivity contribution in [2.24, 2.45) is 0 Å². The highest BCUT2D eigenvalue weighted by Crippen LogP contribution is 2.51. The SMILES string of the molecule is C/C=C\CC(C)S(C)(C)Cl. The van der Waals surface area contributed by atoms with Gasteiger partial charge in [-0.1, -0.05) is 29.8 Å². The summed E-state index contributed by atoms with van der Waals surface area (Å²) >= 11 is 0. The van der Waals surface area contributed by atoms with E-state index < -0.39 is 9.24 Å². The van der Waals surface area contributed by atoms with Crippen LogP contribution in [0, 0.1) is 0 Å². The Kier molecular flexibility index (Phi) is 4.46. The van der Waals surface area contributed by atoms with Crippen LogP contribution in [0.1, 0.15) is 20.3 Å². The lowest BCUT2D eigenvalue weighted by molar-refractivity contribution is 0.973. The van der Waals surface area contributed by atoms with Gasteiger partial charge in [-0.2, -0.15) is 9.24 Å². The molecule has 10 heavy (non-hydrogen) atoms. The summed E-state index contributed by atoms with van der Waals surface area (Å²) < 4.78 is 0. The third-order valence-electron chi connectivity index (χ3n) is 1.66. The van der Waals surface area contributed by atoms with E-state index in [0.29, 0.717) is 5.25 Å². The molecule has 0 saturated heterocycles. The van der Waals surface area contributed by atoms with Crippen molar-refractivity contribution in [3.63, 3.8) is 0 Å². The number of halogens is 1. The van der Waals surface area contributed by atoms with Gasteiger partial charge in [0, 0.05) is 5.25 Å². The number of allylic oxidation sites excluding steroid dienone is 2. The van der Waals surface area contributed by atoms with Crippen LogP contribution in [-0.2, 0) is 0 Å². The summed E-state index contributed by atoms with van der Waals surface area (Å²) in [4.78, 5) is 0. The van der Waals surface area contributed by atoms with E-state index in [1.807, 2.05) is 6.92 Å². The van der Waals surface area contributed by atoms with Crippen LogP contribution in [0.5, 0.6) is 0 Å². The van der Waals surface area contributed by atoms with Crippen LogP contribution in [0.15, 0.2) is 12.2 Å². The Bertz CT molecular complexity index is 113. The molecule has 1 atom stereocenters. The molecule has 0 aromatic heterocycles. The fraction of sp³-hybridized carbons (Fsp3) is 0.750. The molecule has 0 aromatic carbocycles. The van der Waals surface area contributed by atoms with Crippen LogP contribution in [0.4, 0.5) is 0 Å². The van der Waals surface area contributed by atoms with Gasteiger partial charge in [-0.25, -0.2) is 0 Å². The van der Waals surface area contributed by atoms with Gasteiger partial charge in [0.15, 0.2) is 0 Å². The molecule has 0 amide bonds. The maximum absolute atomic E-state index is 6.17. The first-order valence-electron chi connectivity index (χ1n) is 3.51. The zero-order valence-corrected chi connectivity index (χ0v) is 8.80. The molecule has 0 rings (SSSR count). The smallest absolute Gasteiger partial charge is 0.00150 e. The Morgan fingerprint density at radius 2 is 2.00 bits per heavy atom. The Labute approximate surface area is 70.5 Å². The van der Waals surface area contributed by atoms with Crippen LogP contribution in [0.25, 0.3) is 0 Å². The molecule has 0 spiro atoms. The molecule has 0 heterocycles. The molecule has 0 aliphatic rings. The van der Waals surface area contributed by atoms with Gasteiger partial charge in [0.25, 0.3) is 0 Å². The van der Waals surface area contributed by atoms with Gasteiger partial charge in [-0.05, 0) is 25.9 Å². The van der Waals surface area contributed by atoms with Gasteiger partial charge < -0.3 is 0 Å². The quantitative estimate of drug-likeness (QED) is 0.583. The first-order chi connectivity index (χ1) is 4.48. The average Bonchev–Trinajstić information content (AvgIpc) is 1.80. The van der Waals surface area contributed by atoms with Crippen molar-refractivity contribution in [1.82, 2.24) is 0 Å². The second-order valence-corrected chi connectivity index (χ2v) is 8.64. The lowest BCUT2D eigenvalue weighted by atomic mass is 10.3. The van der Waals surface area contributed by atoms with Crippen LogP contribution in [0.3, 0.4) is 0 Å². The minimum Gasteiger partial charge on any atom is -0.166 e. The summed E-state index contributed by atoms with van der Waals surface area (Å²) in [5.41, 5.74) is 0. The molecular formula is C8H17ClS. The van der Waals surface area contributed by atoms with E-state index in [0.717, 1.165) is 6.42 Å². The fourth-order valence-corrected chi connectivity index (χ4v) is 1.34.